The molecular weight excluding hydrogens is 232 g/mol. The SMILES string of the molecule is CCCCC#Cc1cc(C)c(C)cc1C/C=C/CO. The van der Waals surface area contributed by atoms with Crippen molar-refractivity contribution in [1.82, 2.24) is 0 Å². The molecule has 19 heavy (non-hydrogen) atoms. The van der Waals surface area contributed by atoms with E-state index in [0.29, 0.717) is 0 Å². The van der Waals surface area contributed by atoms with E-state index in [-0.39, 0.29) is 6.61 Å². The van der Waals surface area contributed by atoms with Crippen LogP contribution in [0.5, 0.6) is 0 Å². The Morgan fingerprint density at radius 1 is 1.16 bits per heavy atom. The van der Waals surface area contributed by atoms with Crippen LogP contribution in [0.15, 0.2) is 24.3 Å². The highest BCUT2D eigenvalue weighted by Crippen LogP contribution is 2.16. The first-order valence-corrected chi connectivity index (χ1v) is 7.03. The van der Waals surface area contributed by atoms with E-state index in [1.165, 1.54) is 23.1 Å². The van der Waals surface area contributed by atoms with Gasteiger partial charge in [-0.1, -0.05) is 43.4 Å². The molecule has 102 valence electrons. The molecule has 0 unspecified atom stereocenters. The Balaban J connectivity index is 2.94. The maximum atomic E-state index is 8.80. The molecule has 0 saturated heterocycles. The average molecular weight is 256 g/mol. The van der Waals surface area contributed by atoms with Crippen LogP contribution in [-0.2, 0) is 6.42 Å². The third kappa shape index (κ3) is 5.32. The van der Waals surface area contributed by atoms with Crippen molar-refractivity contribution in [2.75, 3.05) is 6.61 Å². The smallest absolute Gasteiger partial charge is 0.0612 e. The first-order chi connectivity index (χ1) is 9.19. The second-order valence-corrected chi connectivity index (χ2v) is 4.86. The highest BCUT2D eigenvalue weighted by atomic mass is 16.2. The summed E-state index contributed by atoms with van der Waals surface area (Å²) in [5.41, 5.74) is 4.96. The largest absolute Gasteiger partial charge is 0.392 e. The standard InChI is InChI=1S/C18H24O/c1-4-5-6-7-10-17-13-15(2)16(3)14-18(17)11-8-9-12-19/h8-9,13-14,19H,4-6,11-12H2,1-3H3/b9-8+. The number of aliphatic hydroxyl groups is 1. The third-order valence-corrected chi connectivity index (χ3v) is 3.21. The lowest BCUT2D eigenvalue weighted by Crippen LogP contribution is -1.93. The van der Waals surface area contributed by atoms with Crippen LogP contribution in [0, 0.1) is 25.7 Å². The Morgan fingerprint density at radius 3 is 2.58 bits per heavy atom. The molecule has 0 aliphatic heterocycles. The molecule has 0 saturated carbocycles. The van der Waals surface area contributed by atoms with Gasteiger partial charge in [0, 0.05) is 12.0 Å². The predicted octanol–water partition coefficient (Wildman–Crippen LogP) is 3.94. The summed E-state index contributed by atoms with van der Waals surface area (Å²) < 4.78 is 0. The van der Waals surface area contributed by atoms with Crippen molar-refractivity contribution in [2.24, 2.45) is 0 Å². The summed E-state index contributed by atoms with van der Waals surface area (Å²) in [6, 6.07) is 4.39. The van der Waals surface area contributed by atoms with Gasteiger partial charge in [-0.2, -0.15) is 0 Å². The lowest BCUT2D eigenvalue weighted by atomic mass is 9.97. The highest BCUT2D eigenvalue weighted by molar-refractivity contribution is 5.47. The van der Waals surface area contributed by atoms with Crippen LogP contribution in [0.2, 0.25) is 0 Å². The van der Waals surface area contributed by atoms with Gasteiger partial charge in [0.05, 0.1) is 6.61 Å². The minimum Gasteiger partial charge on any atom is -0.392 e. The number of hydrogen-bond donors (Lipinski definition) is 1. The number of aliphatic hydroxyl groups excluding tert-OH is 1. The molecule has 0 spiro atoms. The van der Waals surface area contributed by atoms with Gasteiger partial charge in [0.2, 0.25) is 0 Å². The fourth-order valence-electron chi connectivity index (χ4n) is 1.87. The van der Waals surface area contributed by atoms with Gasteiger partial charge in [-0.15, -0.1) is 0 Å². The van der Waals surface area contributed by atoms with Crippen molar-refractivity contribution in [3.8, 4) is 11.8 Å². The minimum absolute atomic E-state index is 0.0996. The minimum atomic E-state index is 0.0996. The second-order valence-electron chi connectivity index (χ2n) is 4.86. The molecule has 0 aliphatic rings. The van der Waals surface area contributed by atoms with Crippen molar-refractivity contribution >= 4 is 0 Å². The Bertz CT molecular complexity index is 486. The van der Waals surface area contributed by atoms with Crippen LogP contribution in [0.1, 0.15) is 48.4 Å². The first kappa shape index (κ1) is 15.5. The molecule has 0 fully saturated rings. The van der Waals surface area contributed by atoms with Gasteiger partial charge in [-0.3, -0.25) is 0 Å². The molecule has 1 heteroatoms. The molecule has 0 bridgehead atoms. The molecule has 0 amide bonds. The van der Waals surface area contributed by atoms with Crippen molar-refractivity contribution in [3.05, 3.63) is 46.5 Å². The maximum Gasteiger partial charge on any atom is 0.0612 e. The predicted molar refractivity (Wildman–Crippen MR) is 82.2 cm³/mol. The van der Waals surface area contributed by atoms with Crippen molar-refractivity contribution in [1.29, 1.82) is 0 Å². The zero-order valence-corrected chi connectivity index (χ0v) is 12.3. The molecule has 1 aromatic rings. The summed E-state index contributed by atoms with van der Waals surface area (Å²) in [4.78, 5) is 0. The average Bonchev–Trinajstić information content (AvgIpc) is 2.40. The van der Waals surface area contributed by atoms with Gasteiger partial charge in [0.1, 0.15) is 0 Å². The zero-order valence-electron chi connectivity index (χ0n) is 12.3. The third-order valence-electron chi connectivity index (χ3n) is 3.21. The molecule has 1 aromatic carbocycles. The summed E-state index contributed by atoms with van der Waals surface area (Å²) in [5, 5.41) is 8.80. The van der Waals surface area contributed by atoms with Gasteiger partial charge >= 0.3 is 0 Å². The first-order valence-electron chi connectivity index (χ1n) is 7.03. The van der Waals surface area contributed by atoms with Crippen LogP contribution in [0.25, 0.3) is 0 Å². The lowest BCUT2D eigenvalue weighted by molar-refractivity contribution is 0.342. The zero-order chi connectivity index (χ0) is 14.1. The van der Waals surface area contributed by atoms with E-state index in [2.05, 4.69) is 44.7 Å². The lowest BCUT2D eigenvalue weighted by Gasteiger charge is -2.07. The van der Waals surface area contributed by atoms with Crippen molar-refractivity contribution in [3.63, 3.8) is 0 Å². The van der Waals surface area contributed by atoms with Gasteiger partial charge in [0.25, 0.3) is 0 Å². The quantitative estimate of drug-likeness (QED) is 0.481. The fourth-order valence-corrected chi connectivity index (χ4v) is 1.87. The van der Waals surface area contributed by atoms with Gasteiger partial charge in [-0.25, -0.2) is 0 Å². The number of hydrogen-bond acceptors (Lipinski definition) is 1. The molecule has 0 aliphatic carbocycles. The molecule has 0 aromatic heterocycles. The normalized spacial score (nSPS) is 10.5. The van der Waals surface area contributed by atoms with Gasteiger partial charge < -0.3 is 5.11 Å². The van der Waals surface area contributed by atoms with Crippen molar-refractivity contribution < 1.29 is 5.11 Å². The molecule has 1 N–H and O–H groups in total. The Labute approximate surface area is 117 Å². The number of aryl methyl sites for hydroxylation is 2. The maximum absolute atomic E-state index is 8.80. The number of unbranched alkanes of at least 4 members (excludes halogenated alkanes) is 2. The van der Waals surface area contributed by atoms with Crippen LogP contribution in [0.4, 0.5) is 0 Å². The Hall–Kier alpha value is -1.52. The van der Waals surface area contributed by atoms with E-state index in [1.807, 2.05) is 6.08 Å². The number of rotatable bonds is 5. The van der Waals surface area contributed by atoms with E-state index in [9.17, 15) is 0 Å². The van der Waals surface area contributed by atoms with Crippen molar-refractivity contribution in [2.45, 2.75) is 46.5 Å². The number of benzene rings is 1. The second kappa shape index (κ2) is 8.56. The summed E-state index contributed by atoms with van der Waals surface area (Å²) in [6.45, 7) is 6.54. The van der Waals surface area contributed by atoms with E-state index >= 15 is 0 Å². The van der Waals surface area contributed by atoms with Gasteiger partial charge in [0.15, 0.2) is 0 Å². The fraction of sp³-hybridized carbons (Fsp3) is 0.444. The van der Waals surface area contributed by atoms with E-state index in [4.69, 9.17) is 5.11 Å². The molecular formula is C18H24O. The van der Waals surface area contributed by atoms with Crippen LogP contribution < -0.4 is 0 Å². The molecule has 1 rings (SSSR count). The number of allylic oxidation sites excluding steroid dienone is 1. The van der Waals surface area contributed by atoms with E-state index < -0.39 is 0 Å². The van der Waals surface area contributed by atoms with Gasteiger partial charge in [-0.05, 0) is 49.4 Å². The Morgan fingerprint density at radius 2 is 1.89 bits per heavy atom. The summed E-state index contributed by atoms with van der Waals surface area (Å²) in [7, 11) is 0. The van der Waals surface area contributed by atoms with E-state index in [1.54, 1.807) is 6.08 Å². The van der Waals surface area contributed by atoms with Crippen LogP contribution >= 0.6 is 0 Å². The molecule has 0 heterocycles. The van der Waals surface area contributed by atoms with Crippen LogP contribution in [0.3, 0.4) is 0 Å². The molecule has 0 atom stereocenters. The summed E-state index contributed by atoms with van der Waals surface area (Å²) in [6.07, 6.45) is 7.94. The summed E-state index contributed by atoms with van der Waals surface area (Å²) >= 11 is 0. The monoisotopic (exact) mass is 256 g/mol. The Kier molecular flexibility index (Phi) is 7.00. The highest BCUT2D eigenvalue weighted by Gasteiger charge is 2.02. The summed E-state index contributed by atoms with van der Waals surface area (Å²) in [5.74, 6) is 6.55. The topological polar surface area (TPSA) is 20.2 Å². The molecule has 1 nitrogen and oxygen atoms in total. The van der Waals surface area contributed by atoms with E-state index in [0.717, 1.165) is 24.8 Å². The van der Waals surface area contributed by atoms with Crippen LogP contribution in [-0.4, -0.2) is 11.7 Å². The molecule has 0 radical (unpaired) electrons.